The van der Waals surface area contributed by atoms with Gasteiger partial charge in [-0.1, -0.05) is 0 Å². The summed E-state index contributed by atoms with van der Waals surface area (Å²) in [5.74, 6) is -2.46. The van der Waals surface area contributed by atoms with E-state index in [0.717, 1.165) is 12.1 Å². The summed E-state index contributed by atoms with van der Waals surface area (Å²) in [5, 5.41) is 2.55. The van der Waals surface area contributed by atoms with Crippen molar-refractivity contribution in [3.63, 3.8) is 0 Å². The largest absolute Gasteiger partial charge is 0.417 e. The van der Waals surface area contributed by atoms with Crippen LogP contribution in [0.2, 0.25) is 0 Å². The number of amides is 1. The molecule has 0 aliphatic carbocycles. The number of benzene rings is 2. The molecule has 5 rings (SSSR count). The average Bonchev–Trinajstić information content (AvgIpc) is 2.95. The predicted octanol–water partition coefficient (Wildman–Crippen LogP) is 5.06. The maximum absolute atomic E-state index is 15.8. The summed E-state index contributed by atoms with van der Waals surface area (Å²) in [6, 6.07) is 6.11. The van der Waals surface area contributed by atoms with Crippen molar-refractivity contribution < 1.29 is 31.5 Å². The van der Waals surface area contributed by atoms with E-state index in [0.29, 0.717) is 51.0 Å². The van der Waals surface area contributed by atoms with Gasteiger partial charge in [-0.25, -0.2) is 18.7 Å². The molecule has 0 spiro atoms. The molecule has 2 aromatic carbocycles. The van der Waals surface area contributed by atoms with Gasteiger partial charge in [0.15, 0.2) is 0 Å². The van der Waals surface area contributed by atoms with Gasteiger partial charge in [-0.05, 0) is 57.3 Å². The van der Waals surface area contributed by atoms with Gasteiger partial charge >= 0.3 is 6.18 Å². The SMILES string of the molecule is C[C@@H]1CN(c2nccc(-c3cc(NC(=O)c4ccc(F)cc4C(F)(F)F)c(N4CCN(C)[C@H](C)C4)cc3F)n2)CCO1. The lowest BCUT2D eigenvalue weighted by Gasteiger charge is -2.39. The van der Waals surface area contributed by atoms with E-state index < -0.39 is 34.8 Å². The third-order valence-electron chi connectivity index (χ3n) is 7.61. The Kier molecular flexibility index (Phi) is 8.33. The zero-order valence-electron chi connectivity index (χ0n) is 23.4. The van der Waals surface area contributed by atoms with Crippen LogP contribution >= 0.6 is 0 Å². The minimum atomic E-state index is -4.97. The molecule has 1 aromatic heterocycles. The van der Waals surface area contributed by atoms with Crippen molar-refractivity contribution >= 4 is 23.2 Å². The Morgan fingerprint density at radius 1 is 1.02 bits per heavy atom. The van der Waals surface area contributed by atoms with Crippen molar-refractivity contribution in [3.8, 4) is 11.3 Å². The van der Waals surface area contributed by atoms with Crippen LogP contribution in [-0.2, 0) is 10.9 Å². The number of aromatic nitrogens is 2. The maximum Gasteiger partial charge on any atom is 0.417 e. The Labute approximate surface area is 240 Å². The van der Waals surface area contributed by atoms with E-state index in [2.05, 4.69) is 20.2 Å². The zero-order chi connectivity index (χ0) is 30.2. The number of ether oxygens (including phenoxy) is 1. The van der Waals surface area contributed by atoms with E-state index in [1.165, 1.54) is 24.4 Å². The standard InChI is InChI=1S/C29H31F5N6O2/c1-17-15-39(9-8-38(17)3)26-14-23(31)21(24-6-7-35-28(37-24)40-10-11-42-18(2)16-40)13-25(26)36-27(41)20-5-4-19(30)12-22(20)29(32,33)34/h4-7,12-14,17-18H,8-11,15-16H2,1-3H3,(H,36,41)/t17-,18-/m1/s1. The van der Waals surface area contributed by atoms with Gasteiger partial charge in [-0.2, -0.15) is 13.2 Å². The van der Waals surface area contributed by atoms with Crippen LogP contribution in [0.5, 0.6) is 0 Å². The predicted molar refractivity (Wildman–Crippen MR) is 149 cm³/mol. The highest BCUT2D eigenvalue weighted by atomic mass is 19.4. The van der Waals surface area contributed by atoms with Gasteiger partial charge < -0.3 is 24.8 Å². The highest BCUT2D eigenvalue weighted by molar-refractivity contribution is 6.07. The first kappa shape index (κ1) is 29.6. The Morgan fingerprint density at radius 3 is 2.52 bits per heavy atom. The Morgan fingerprint density at radius 2 is 1.81 bits per heavy atom. The van der Waals surface area contributed by atoms with Crippen LogP contribution < -0.4 is 15.1 Å². The summed E-state index contributed by atoms with van der Waals surface area (Å²) in [6.45, 7) is 7.16. The second-order valence-corrected chi connectivity index (χ2v) is 10.6. The van der Waals surface area contributed by atoms with Gasteiger partial charge in [-0.3, -0.25) is 4.79 Å². The number of rotatable bonds is 5. The lowest BCUT2D eigenvalue weighted by molar-refractivity contribution is -0.138. The molecule has 2 fully saturated rings. The molecular weight excluding hydrogens is 559 g/mol. The monoisotopic (exact) mass is 590 g/mol. The zero-order valence-corrected chi connectivity index (χ0v) is 23.4. The number of piperazine rings is 1. The Balaban J connectivity index is 1.56. The first-order chi connectivity index (χ1) is 19.9. The van der Waals surface area contributed by atoms with Crippen LogP contribution in [0.1, 0.15) is 29.8 Å². The van der Waals surface area contributed by atoms with E-state index in [1.807, 2.05) is 30.7 Å². The summed E-state index contributed by atoms with van der Waals surface area (Å²) in [5.41, 5.74) is -1.46. The van der Waals surface area contributed by atoms with Crippen LogP contribution in [-0.4, -0.2) is 79.3 Å². The van der Waals surface area contributed by atoms with Crippen LogP contribution in [0, 0.1) is 11.6 Å². The van der Waals surface area contributed by atoms with Crippen LogP contribution in [0.3, 0.4) is 0 Å². The van der Waals surface area contributed by atoms with Crippen molar-refractivity contribution in [2.75, 3.05) is 61.5 Å². The number of nitrogens with one attached hydrogen (secondary N) is 1. The molecule has 3 heterocycles. The number of hydrogen-bond donors (Lipinski definition) is 1. The number of carbonyl (C=O) groups excluding carboxylic acids is 1. The minimum absolute atomic E-state index is 0.0383. The normalized spacial score (nSPS) is 20.1. The van der Waals surface area contributed by atoms with E-state index in [-0.39, 0.29) is 35.2 Å². The third kappa shape index (κ3) is 6.31. The highest BCUT2D eigenvalue weighted by Gasteiger charge is 2.36. The van der Waals surface area contributed by atoms with Gasteiger partial charge in [0.05, 0.1) is 40.9 Å². The molecule has 224 valence electrons. The molecule has 1 amide bonds. The van der Waals surface area contributed by atoms with Crippen molar-refractivity contribution in [2.24, 2.45) is 0 Å². The molecule has 0 bridgehead atoms. The molecule has 2 saturated heterocycles. The number of hydrogen-bond acceptors (Lipinski definition) is 7. The third-order valence-corrected chi connectivity index (χ3v) is 7.61. The lowest BCUT2D eigenvalue weighted by Crippen LogP contribution is -2.50. The molecule has 2 aliphatic rings. The van der Waals surface area contributed by atoms with Gasteiger partial charge in [0.2, 0.25) is 5.95 Å². The van der Waals surface area contributed by atoms with Crippen molar-refractivity contribution in [1.29, 1.82) is 0 Å². The fraction of sp³-hybridized carbons (Fsp3) is 0.414. The smallest absolute Gasteiger partial charge is 0.375 e. The number of halogens is 5. The molecule has 2 atom stereocenters. The van der Waals surface area contributed by atoms with Gasteiger partial charge in [0.1, 0.15) is 11.6 Å². The average molecular weight is 591 g/mol. The molecule has 2 aliphatic heterocycles. The van der Waals surface area contributed by atoms with Crippen LogP contribution in [0.25, 0.3) is 11.3 Å². The van der Waals surface area contributed by atoms with E-state index in [1.54, 1.807) is 0 Å². The summed E-state index contributed by atoms with van der Waals surface area (Å²) in [6.07, 6.45) is -3.50. The minimum Gasteiger partial charge on any atom is -0.375 e. The molecule has 0 radical (unpaired) electrons. The second kappa shape index (κ2) is 11.8. The molecule has 1 N–H and O–H groups in total. The molecule has 3 aromatic rings. The molecule has 13 heteroatoms. The molecule has 42 heavy (non-hydrogen) atoms. The Hall–Kier alpha value is -3.84. The number of anilines is 3. The topological polar surface area (TPSA) is 73.8 Å². The van der Waals surface area contributed by atoms with Gasteiger partial charge in [0.25, 0.3) is 5.91 Å². The number of alkyl halides is 3. The fourth-order valence-electron chi connectivity index (χ4n) is 5.18. The van der Waals surface area contributed by atoms with E-state index >= 15 is 4.39 Å². The lowest BCUT2D eigenvalue weighted by atomic mass is 10.0. The summed E-state index contributed by atoms with van der Waals surface area (Å²) < 4.78 is 76.1. The summed E-state index contributed by atoms with van der Waals surface area (Å²) >= 11 is 0. The van der Waals surface area contributed by atoms with Crippen molar-refractivity contribution in [1.82, 2.24) is 14.9 Å². The van der Waals surface area contributed by atoms with Gasteiger partial charge in [0, 0.05) is 50.5 Å². The molecule has 0 saturated carbocycles. The Bertz CT molecular complexity index is 1470. The van der Waals surface area contributed by atoms with Crippen LogP contribution in [0.4, 0.5) is 39.3 Å². The molecule has 0 unspecified atom stereocenters. The second-order valence-electron chi connectivity index (χ2n) is 10.6. The fourth-order valence-corrected chi connectivity index (χ4v) is 5.18. The maximum atomic E-state index is 15.8. The molecule has 8 nitrogen and oxygen atoms in total. The number of morpholine rings is 1. The highest BCUT2D eigenvalue weighted by Crippen LogP contribution is 2.37. The number of likely N-dealkylation sites (N-methyl/N-ethyl adjacent to an activating group) is 1. The first-order valence-corrected chi connectivity index (χ1v) is 13.6. The summed E-state index contributed by atoms with van der Waals surface area (Å²) in [7, 11) is 1.96. The van der Waals surface area contributed by atoms with Crippen LogP contribution in [0.15, 0.2) is 42.6 Å². The van der Waals surface area contributed by atoms with Crippen molar-refractivity contribution in [2.45, 2.75) is 32.2 Å². The number of carbonyl (C=O) groups is 1. The van der Waals surface area contributed by atoms with Crippen molar-refractivity contribution in [3.05, 3.63) is 65.4 Å². The van der Waals surface area contributed by atoms with E-state index in [4.69, 9.17) is 4.74 Å². The quantitative estimate of drug-likeness (QED) is 0.417. The number of nitrogens with zero attached hydrogens (tertiary/aromatic N) is 5. The summed E-state index contributed by atoms with van der Waals surface area (Å²) in [4.78, 5) is 28.1. The molecular formula is C29H31F5N6O2. The van der Waals surface area contributed by atoms with E-state index in [9.17, 15) is 22.4 Å². The van der Waals surface area contributed by atoms with Gasteiger partial charge in [-0.15, -0.1) is 0 Å². The first-order valence-electron chi connectivity index (χ1n) is 13.6.